The first-order chi connectivity index (χ1) is 5.73. The Morgan fingerprint density at radius 1 is 1.50 bits per heavy atom. The normalized spacial score (nSPS) is 12.6. The SMILES string of the molecule is CC(C)=C[C@H](CC(=O)[O-])C(C)(C)O.[K+]. The summed E-state index contributed by atoms with van der Waals surface area (Å²) in [6.45, 7) is 6.93. The summed E-state index contributed by atoms with van der Waals surface area (Å²) < 4.78 is 0. The van der Waals surface area contributed by atoms with E-state index in [0.29, 0.717) is 0 Å². The second-order valence-corrected chi connectivity index (χ2v) is 4.08. The standard InChI is InChI=1S/C10H18O3.K/c1-7(2)5-8(6-9(11)12)10(3,4)13;/h5,8,13H,6H2,1-4H3,(H,11,12);/q;+1/p-1/t8-;/m1./s1. The number of aliphatic carboxylic acids is 1. The van der Waals surface area contributed by atoms with Crippen LogP contribution in [-0.2, 0) is 4.79 Å². The molecule has 0 aliphatic rings. The third-order valence-electron chi connectivity index (χ3n) is 1.83. The molecular formula is C10H17KO3. The first-order valence-electron chi connectivity index (χ1n) is 4.30. The predicted octanol–water partition coefficient (Wildman–Crippen LogP) is -2.52. The molecule has 0 heterocycles. The van der Waals surface area contributed by atoms with Crippen LogP contribution in [0.4, 0.5) is 0 Å². The van der Waals surface area contributed by atoms with Gasteiger partial charge >= 0.3 is 51.4 Å². The summed E-state index contributed by atoms with van der Waals surface area (Å²) in [5.41, 5.74) is -0.0227. The minimum Gasteiger partial charge on any atom is -0.550 e. The van der Waals surface area contributed by atoms with Gasteiger partial charge in [-0.25, -0.2) is 0 Å². The van der Waals surface area contributed by atoms with Gasteiger partial charge in [-0.3, -0.25) is 0 Å². The topological polar surface area (TPSA) is 60.4 Å². The summed E-state index contributed by atoms with van der Waals surface area (Å²) in [5.74, 6) is -1.52. The van der Waals surface area contributed by atoms with Crippen molar-refractivity contribution in [2.24, 2.45) is 5.92 Å². The summed E-state index contributed by atoms with van der Waals surface area (Å²) in [6.07, 6.45) is 1.62. The Balaban J connectivity index is 0. The number of hydrogen-bond acceptors (Lipinski definition) is 3. The van der Waals surface area contributed by atoms with Gasteiger partial charge in [-0.05, 0) is 34.1 Å². The van der Waals surface area contributed by atoms with E-state index in [2.05, 4.69) is 0 Å². The van der Waals surface area contributed by atoms with Crippen molar-refractivity contribution in [1.29, 1.82) is 0 Å². The van der Waals surface area contributed by atoms with Crippen LogP contribution in [-0.4, -0.2) is 16.7 Å². The molecule has 0 aliphatic carbocycles. The van der Waals surface area contributed by atoms with Gasteiger partial charge in [-0.15, -0.1) is 0 Å². The zero-order valence-electron chi connectivity index (χ0n) is 9.63. The number of carbonyl (C=O) groups excluding carboxylic acids is 1. The smallest absolute Gasteiger partial charge is 0.550 e. The summed E-state index contributed by atoms with van der Waals surface area (Å²) in [7, 11) is 0. The van der Waals surface area contributed by atoms with Gasteiger partial charge in [0.25, 0.3) is 0 Å². The van der Waals surface area contributed by atoms with Crippen LogP contribution >= 0.6 is 0 Å². The molecule has 0 unspecified atom stereocenters. The van der Waals surface area contributed by atoms with Crippen molar-refractivity contribution in [3.63, 3.8) is 0 Å². The Morgan fingerprint density at radius 2 is 1.93 bits per heavy atom. The van der Waals surface area contributed by atoms with Crippen molar-refractivity contribution in [2.75, 3.05) is 0 Å². The quantitative estimate of drug-likeness (QED) is 0.424. The van der Waals surface area contributed by atoms with E-state index in [1.807, 2.05) is 13.8 Å². The zero-order chi connectivity index (χ0) is 10.6. The minimum atomic E-state index is -1.13. The maximum Gasteiger partial charge on any atom is 1.00 e. The number of rotatable bonds is 4. The molecule has 0 aromatic rings. The Labute approximate surface area is 128 Å². The molecule has 0 saturated carbocycles. The van der Waals surface area contributed by atoms with Crippen LogP contribution < -0.4 is 56.5 Å². The van der Waals surface area contributed by atoms with Crippen LogP contribution in [0.2, 0.25) is 0 Å². The number of hydrogen-bond donors (Lipinski definition) is 1. The molecule has 0 fully saturated rings. The Hall–Kier alpha value is 0.806. The molecule has 1 N–H and O–H groups in total. The molecular weight excluding hydrogens is 207 g/mol. The van der Waals surface area contributed by atoms with Gasteiger partial charge in [0.05, 0.1) is 5.60 Å². The van der Waals surface area contributed by atoms with E-state index in [1.165, 1.54) is 0 Å². The van der Waals surface area contributed by atoms with E-state index >= 15 is 0 Å². The fourth-order valence-electron chi connectivity index (χ4n) is 1.09. The molecule has 0 aromatic carbocycles. The van der Waals surface area contributed by atoms with Crippen molar-refractivity contribution >= 4 is 5.97 Å². The van der Waals surface area contributed by atoms with E-state index in [9.17, 15) is 15.0 Å². The maximum atomic E-state index is 10.4. The van der Waals surface area contributed by atoms with Crippen molar-refractivity contribution in [1.82, 2.24) is 0 Å². The molecule has 0 aliphatic heterocycles. The first kappa shape index (κ1) is 17.2. The van der Waals surface area contributed by atoms with Crippen molar-refractivity contribution < 1.29 is 66.4 Å². The number of aliphatic hydroxyl groups is 1. The van der Waals surface area contributed by atoms with Crippen molar-refractivity contribution in [2.45, 2.75) is 39.7 Å². The average Bonchev–Trinajstić information content (AvgIpc) is 1.81. The third kappa shape index (κ3) is 8.14. The fraction of sp³-hybridized carbons (Fsp3) is 0.700. The Kier molecular flexibility index (Phi) is 8.78. The van der Waals surface area contributed by atoms with E-state index < -0.39 is 11.6 Å². The molecule has 4 heteroatoms. The van der Waals surface area contributed by atoms with Gasteiger partial charge < -0.3 is 15.0 Å². The van der Waals surface area contributed by atoms with Gasteiger partial charge in [0.1, 0.15) is 0 Å². The van der Waals surface area contributed by atoms with E-state index in [-0.39, 0.29) is 63.7 Å². The first-order valence-corrected chi connectivity index (χ1v) is 4.30. The Bertz CT molecular complexity index is 212. The fourth-order valence-corrected chi connectivity index (χ4v) is 1.09. The van der Waals surface area contributed by atoms with Crippen LogP contribution in [0.5, 0.6) is 0 Å². The summed E-state index contributed by atoms with van der Waals surface area (Å²) >= 11 is 0. The van der Waals surface area contributed by atoms with Gasteiger partial charge in [-0.1, -0.05) is 11.6 Å². The summed E-state index contributed by atoms with van der Waals surface area (Å²) in [5, 5.41) is 20.0. The van der Waals surface area contributed by atoms with Gasteiger partial charge in [0, 0.05) is 11.9 Å². The summed E-state index contributed by atoms with van der Waals surface area (Å²) in [4.78, 5) is 10.4. The second-order valence-electron chi connectivity index (χ2n) is 4.08. The van der Waals surface area contributed by atoms with E-state index in [0.717, 1.165) is 5.57 Å². The number of allylic oxidation sites excluding steroid dienone is 1. The predicted molar refractivity (Wildman–Crippen MR) is 48.8 cm³/mol. The van der Waals surface area contributed by atoms with E-state index in [1.54, 1.807) is 19.9 Å². The zero-order valence-corrected chi connectivity index (χ0v) is 12.7. The molecule has 14 heavy (non-hydrogen) atoms. The van der Waals surface area contributed by atoms with Crippen molar-refractivity contribution in [3.05, 3.63) is 11.6 Å². The van der Waals surface area contributed by atoms with Crippen LogP contribution in [0, 0.1) is 5.92 Å². The molecule has 0 saturated heterocycles. The Morgan fingerprint density at radius 3 is 2.14 bits per heavy atom. The molecule has 0 rings (SSSR count). The molecule has 0 bridgehead atoms. The van der Waals surface area contributed by atoms with Crippen LogP contribution in [0.25, 0.3) is 0 Å². The molecule has 0 aromatic heterocycles. The summed E-state index contributed by atoms with van der Waals surface area (Å²) in [6, 6.07) is 0. The molecule has 0 radical (unpaired) electrons. The largest absolute Gasteiger partial charge is 1.00 e. The third-order valence-corrected chi connectivity index (χ3v) is 1.83. The van der Waals surface area contributed by atoms with Gasteiger partial charge in [0.15, 0.2) is 0 Å². The van der Waals surface area contributed by atoms with Crippen LogP contribution in [0.1, 0.15) is 34.1 Å². The van der Waals surface area contributed by atoms with Gasteiger partial charge in [-0.2, -0.15) is 0 Å². The molecule has 76 valence electrons. The number of carboxylic acid groups (broad SMARTS) is 1. The molecule has 3 nitrogen and oxygen atoms in total. The van der Waals surface area contributed by atoms with Crippen LogP contribution in [0.15, 0.2) is 11.6 Å². The maximum absolute atomic E-state index is 10.4. The number of carbonyl (C=O) groups is 1. The number of carboxylic acids is 1. The minimum absolute atomic E-state index is 0. The van der Waals surface area contributed by atoms with Gasteiger partial charge in [0.2, 0.25) is 0 Å². The monoisotopic (exact) mass is 224 g/mol. The van der Waals surface area contributed by atoms with Crippen molar-refractivity contribution in [3.8, 4) is 0 Å². The van der Waals surface area contributed by atoms with Crippen LogP contribution in [0.3, 0.4) is 0 Å². The average molecular weight is 224 g/mol. The molecule has 0 amide bonds. The van der Waals surface area contributed by atoms with E-state index in [4.69, 9.17) is 0 Å². The molecule has 1 atom stereocenters. The molecule has 0 spiro atoms. The second kappa shape index (κ2) is 7.14.